The van der Waals surface area contributed by atoms with Crippen LogP contribution in [-0.4, -0.2) is 19.1 Å². The smallest absolute Gasteiger partial charge is 0.160 e. The number of hydrogen-bond acceptors (Lipinski definition) is 7. The number of fused-ring (bicyclic) bond motifs is 6. The molecule has 0 aliphatic carbocycles. The van der Waals surface area contributed by atoms with Crippen LogP contribution >= 0.6 is 0 Å². The predicted octanol–water partition coefficient (Wildman–Crippen LogP) is 14.4. The number of hydrogen-bond donors (Lipinski definition) is 0. The second kappa shape index (κ2) is 17.3. The van der Waals surface area contributed by atoms with E-state index in [1.807, 2.05) is 127 Å². The molecule has 12 aromatic rings. The summed E-state index contributed by atoms with van der Waals surface area (Å²) < 4.78 is 4.29. The van der Waals surface area contributed by atoms with Crippen molar-refractivity contribution in [1.29, 1.82) is 26.3 Å². The average Bonchev–Trinajstić information content (AvgIpc) is 3.96. The Morgan fingerprint density at radius 3 is 1.14 bits per heavy atom. The highest BCUT2D eigenvalue weighted by Crippen LogP contribution is 2.42. The zero-order valence-electron chi connectivity index (χ0n) is 38.1. The fourth-order valence-electron chi connectivity index (χ4n) is 9.97. The van der Waals surface area contributed by atoms with Crippen molar-refractivity contribution >= 4 is 43.6 Å². The average molecular weight is 916 g/mol. The van der Waals surface area contributed by atoms with Crippen molar-refractivity contribution in [3.05, 3.63) is 228 Å². The predicted molar refractivity (Wildman–Crippen MR) is 281 cm³/mol. The Morgan fingerprint density at radius 1 is 0.292 bits per heavy atom. The van der Waals surface area contributed by atoms with Crippen molar-refractivity contribution in [1.82, 2.24) is 19.1 Å². The van der Waals surface area contributed by atoms with Crippen LogP contribution in [0.4, 0.5) is 0 Å². The zero-order chi connectivity index (χ0) is 48.9. The molecule has 0 saturated carbocycles. The van der Waals surface area contributed by atoms with Crippen molar-refractivity contribution in [2.24, 2.45) is 0 Å². The van der Waals surface area contributed by atoms with Crippen LogP contribution in [0.15, 0.2) is 200 Å². The largest absolute Gasteiger partial charge is 0.308 e. The number of nitriles is 5. The van der Waals surface area contributed by atoms with Gasteiger partial charge in [-0.2, -0.15) is 26.3 Å². The van der Waals surface area contributed by atoms with Gasteiger partial charge in [-0.05, 0) is 113 Å². The van der Waals surface area contributed by atoms with Crippen LogP contribution in [0.25, 0.3) is 111 Å². The van der Waals surface area contributed by atoms with Crippen molar-refractivity contribution < 1.29 is 0 Å². The zero-order valence-corrected chi connectivity index (χ0v) is 38.1. The van der Waals surface area contributed by atoms with E-state index in [2.05, 4.69) is 75.9 Å². The minimum absolute atomic E-state index is 0.396. The van der Waals surface area contributed by atoms with Gasteiger partial charge in [-0.1, -0.05) is 109 Å². The number of benzene rings is 9. The number of para-hydroxylation sites is 2. The number of nitrogens with zero attached hydrogens (tertiary/aromatic N) is 9. The van der Waals surface area contributed by atoms with Crippen LogP contribution in [0.5, 0.6) is 0 Å². The summed E-state index contributed by atoms with van der Waals surface area (Å²) in [5, 5.41) is 54.9. The highest BCUT2D eigenvalue weighted by Gasteiger charge is 2.24. The third kappa shape index (κ3) is 7.15. The van der Waals surface area contributed by atoms with E-state index in [0.29, 0.717) is 50.7 Å². The van der Waals surface area contributed by atoms with Crippen LogP contribution in [0.1, 0.15) is 27.8 Å². The molecule has 9 aromatic carbocycles. The van der Waals surface area contributed by atoms with Crippen LogP contribution < -0.4 is 0 Å². The molecule has 0 atom stereocenters. The van der Waals surface area contributed by atoms with Gasteiger partial charge >= 0.3 is 0 Å². The lowest BCUT2D eigenvalue weighted by molar-refractivity contribution is 1.11. The highest BCUT2D eigenvalue weighted by molar-refractivity contribution is 6.12. The summed E-state index contributed by atoms with van der Waals surface area (Å²) in [7, 11) is 0. The SMILES string of the molecule is N#Cc1cc(C#N)cc(-c2ccc3c(c2)c2ccccc2n3-c2cc(-c3cc(-c4ccccc4)nc(-c4ccccc4)n3)cc(-n3c4ccccc4c4cc(-c5cc(C#N)cc(C#N)c5)ccc43)c2C#N)c1. The molecule has 3 aromatic heterocycles. The first-order valence-electron chi connectivity index (χ1n) is 23.0. The molecule has 0 N–H and O–H groups in total. The van der Waals surface area contributed by atoms with Gasteiger partial charge in [0.15, 0.2) is 5.82 Å². The lowest BCUT2D eigenvalue weighted by atomic mass is 9.98. The van der Waals surface area contributed by atoms with E-state index in [1.165, 1.54) is 0 Å². The molecular formula is C63H33N9. The Balaban J connectivity index is 1.17. The molecule has 0 fully saturated rings. The molecule has 0 spiro atoms. The van der Waals surface area contributed by atoms with Gasteiger partial charge in [0.25, 0.3) is 0 Å². The summed E-state index contributed by atoms with van der Waals surface area (Å²) in [6.45, 7) is 0. The van der Waals surface area contributed by atoms with E-state index in [0.717, 1.165) is 88.2 Å². The molecule has 0 saturated heterocycles. The molecule has 0 aliphatic heterocycles. The summed E-state index contributed by atoms with van der Waals surface area (Å²) in [4.78, 5) is 10.4. The molecule has 3 heterocycles. The summed E-state index contributed by atoms with van der Waals surface area (Å²) in [5.41, 5.74) is 13.8. The first kappa shape index (κ1) is 42.5. The minimum Gasteiger partial charge on any atom is -0.308 e. The Morgan fingerprint density at radius 2 is 0.694 bits per heavy atom. The van der Waals surface area contributed by atoms with Gasteiger partial charge in [0.1, 0.15) is 11.6 Å². The maximum atomic E-state index is 11.7. The first-order chi connectivity index (χ1) is 35.4. The summed E-state index contributed by atoms with van der Waals surface area (Å²) in [6, 6.07) is 76.3. The fourth-order valence-corrected chi connectivity index (χ4v) is 9.97. The van der Waals surface area contributed by atoms with Crippen LogP contribution in [0.3, 0.4) is 0 Å². The van der Waals surface area contributed by atoms with Crippen molar-refractivity contribution in [3.8, 4) is 97.9 Å². The molecule has 72 heavy (non-hydrogen) atoms. The Hall–Kier alpha value is -10.9. The minimum atomic E-state index is 0.396. The molecule has 0 bridgehead atoms. The molecule has 0 amide bonds. The van der Waals surface area contributed by atoms with Gasteiger partial charge < -0.3 is 9.13 Å². The Kier molecular flexibility index (Phi) is 10.2. The molecule has 9 heteroatoms. The number of rotatable bonds is 7. The van der Waals surface area contributed by atoms with Crippen LogP contribution in [-0.2, 0) is 0 Å². The van der Waals surface area contributed by atoms with E-state index in [1.54, 1.807) is 36.4 Å². The van der Waals surface area contributed by atoms with E-state index < -0.39 is 0 Å². The van der Waals surface area contributed by atoms with E-state index in [9.17, 15) is 26.3 Å². The maximum Gasteiger partial charge on any atom is 0.160 e. The number of aromatic nitrogens is 4. The quantitative estimate of drug-likeness (QED) is 0.154. The Labute approximate surface area is 413 Å². The molecule has 9 nitrogen and oxygen atoms in total. The molecule has 12 rings (SSSR count). The van der Waals surface area contributed by atoms with Gasteiger partial charge in [-0.25, -0.2) is 9.97 Å². The fraction of sp³-hybridized carbons (Fsp3) is 0. The van der Waals surface area contributed by atoms with Gasteiger partial charge in [0, 0.05) is 38.2 Å². The summed E-state index contributed by atoms with van der Waals surface area (Å²) in [5.74, 6) is 0.549. The van der Waals surface area contributed by atoms with E-state index >= 15 is 0 Å². The topological polar surface area (TPSA) is 155 Å². The van der Waals surface area contributed by atoms with Crippen molar-refractivity contribution in [3.63, 3.8) is 0 Å². The van der Waals surface area contributed by atoms with Gasteiger partial charge in [0.2, 0.25) is 0 Å². The Bertz CT molecular complexity index is 4110. The third-order valence-electron chi connectivity index (χ3n) is 13.2. The first-order valence-corrected chi connectivity index (χ1v) is 23.0. The van der Waals surface area contributed by atoms with Gasteiger partial charge in [-0.3, -0.25) is 0 Å². The highest BCUT2D eigenvalue weighted by atomic mass is 15.0. The monoisotopic (exact) mass is 915 g/mol. The van der Waals surface area contributed by atoms with Gasteiger partial charge in [0.05, 0.1) is 91.4 Å². The van der Waals surface area contributed by atoms with E-state index in [4.69, 9.17) is 9.97 Å². The maximum absolute atomic E-state index is 11.7. The third-order valence-corrected chi connectivity index (χ3v) is 13.2. The lowest BCUT2D eigenvalue weighted by Gasteiger charge is -2.19. The second-order valence-corrected chi connectivity index (χ2v) is 17.4. The van der Waals surface area contributed by atoms with Gasteiger partial charge in [-0.15, -0.1) is 0 Å². The summed E-state index contributed by atoms with van der Waals surface area (Å²) in [6.07, 6.45) is 0. The van der Waals surface area contributed by atoms with Crippen LogP contribution in [0, 0.1) is 56.7 Å². The van der Waals surface area contributed by atoms with Crippen molar-refractivity contribution in [2.45, 2.75) is 0 Å². The lowest BCUT2D eigenvalue weighted by Crippen LogP contribution is -2.06. The normalized spacial score (nSPS) is 11.0. The van der Waals surface area contributed by atoms with E-state index in [-0.39, 0.29) is 0 Å². The molecule has 0 radical (unpaired) electrons. The molecule has 330 valence electrons. The molecular weight excluding hydrogens is 883 g/mol. The second-order valence-electron chi connectivity index (χ2n) is 17.4. The van der Waals surface area contributed by atoms with Crippen LogP contribution in [0.2, 0.25) is 0 Å². The standard InChI is InChI=1S/C63H33N9/c64-34-39-23-40(35-65)26-47(25-39)45-19-21-59-52(29-45)50-15-7-9-17-57(50)71(59)61-31-49(56-33-55(43-11-3-1-4-12-43)69-63(70-56)44-13-5-2-6-14-44)32-62(54(61)38-68)72-58-18-10-8-16-51(58)53-30-46(20-22-60(53)72)48-27-41(36-66)24-42(28-48)37-67/h1-33H. The van der Waals surface area contributed by atoms with Crippen molar-refractivity contribution in [2.75, 3.05) is 0 Å². The molecule has 0 unspecified atom stereocenters. The molecule has 0 aliphatic rings. The summed E-state index contributed by atoms with van der Waals surface area (Å²) >= 11 is 0.